The Morgan fingerprint density at radius 3 is 2.70 bits per heavy atom. The van der Waals surface area contributed by atoms with Gasteiger partial charge in [0, 0.05) is 49.9 Å². The summed E-state index contributed by atoms with van der Waals surface area (Å²) in [6.45, 7) is 3.76. The highest BCUT2D eigenvalue weighted by molar-refractivity contribution is 7.89. The summed E-state index contributed by atoms with van der Waals surface area (Å²) < 4.78 is 35.4. The number of imidazole rings is 1. The van der Waals surface area contributed by atoms with Crippen molar-refractivity contribution in [3.63, 3.8) is 0 Å². The fraction of sp³-hybridized carbons (Fsp3) is 0.560. The van der Waals surface area contributed by atoms with E-state index in [2.05, 4.69) is 10.3 Å². The molecule has 2 amide bonds. The average molecular weight is 534 g/mol. The number of carbonyl (C=O) groups excluding carboxylic acids is 2. The van der Waals surface area contributed by atoms with E-state index in [4.69, 9.17) is 4.74 Å². The molecule has 202 valence electrons. The second kappa shape index (κ2) is 10.8. The van der Waals surface area contributed by atoms with Gasteiger partial charge in [0.05, 0.1) is 31.9 Å². The number of fused-ring (bicyclic) bond motifs is 1. The lowest BCUT2D eigenvalue weighted by molar-refractivity contribution is -0.134. The van der Waals surface area contributed by atoms with Gasteiger partial charge < -0.3 is 24.6 Å². The summed E-state index contributed by atoms with van der Waals surface area (Å²) in [6.07, 6.45) is 4.04. The number of nitrogens with zero attached hydrogens (tertiary/aromatic N) is 4. The number of likely N-dealkylation sites (N-methyl/N-ethyl adjacent to an activating group) is 1. The molecule has 2 N–H and O–H groups in total. The van der Waals surface area contributed by atoms with Gasteiger partial charge in [-0.25, -0.2) is 13.4 Å². The number of ether oxygens (including phenoxy) is 1. The van der Waals surface area contributed by atoms with Crippen LogP contribution < -0.4 is 10.1 Å². The van der Waals surface area contributed by atoms with E-state index in [-0.39, 0.29) is 54.8 Å². The Kier molecular flexibility index (Phi) is 7.91. The normalized spacial score (nSPS) is 21.5. The van der Waals surface area contributed by atoms with Crippen LogP contribution in [0.5, 0.6) is 5.75 Å². The minimum absolute atomic E-state index is 0.0221. The molecule has 1 aliphatic heterocycles. The molecule has 12 heteroatoms. The number of hydrogen-bond acceptors (Lipinski definition) is 7. The molecule has 1 aliphatic carbocycles. The van der Waals surface area contributed by atoms with Crippen molar-refractivity contribution < 1.29 is 27.9 Å². The van der Waals surface area contributed by atoms with Crippen LogP contribution in [-0.2, 0) is 33.1 Å². The van der Waals surface area contributed by atoms with E-state index < -0.39 is 22.2 Å². The highest BCUT2D eigenvalue weighted by atomic mass is 32.2. The lowest BCUT2D eigenvalue weighted by atomic mass is 10.0. The third-order valence-electron chi connectivity index (χ3n) is 6.93. The molecule has 1 saturated carbocycles. The van der Waals surface area contributed by atoms with Crippen molar-refractivity contribution >= 4 is 27.5 Å². The molecular formula is C25H35N5O6S. The number of aromatic nitrogens is 2. The van der Waals surface area contributed by atoms with Gasteiger partial charge in [-0.1, -0.05) is 6.92 Å². The fourth-order valence-electron chi connectivity index (χ4n) is 4.35. The summed E-state index contributed by atoms with van der Waals surface area (Å²) >= 11 is 0. The number of aliphatic hydroxyl groups excluding tert-OH is 1. The molecule has 0 unspecified atom stereocenters. The quantitative estimate of drug-likeness (QED) is 0.521. The third kappa shape index (κ3) is 6.13. The standard InChI is InChI=1S/C25H35N5O6S/c1-16-11-30(17(2)14-31)24(32)10-19-9-20(27-25(33)18-5-6-18)7-8-21(19)36-22(16)12-29(4)37(34,35)23-13-28(3)15-26-23/h7-9,13,15-18,22,31H,5-6,10-12,14H2,1-4H3,(H,27,33)/t16-,17-,22+/m0/s1. The predicted molar refractivity (Wildman–Crippen MR) is 136 cm³/mol. The number of carbonyl (C=O) groups is 2. The Morgan fingerprint density at radius 2 is 2.08 bits per heavy atom. The molecule has 0 bridgehead atoms. The largest absolute Gasteiger partial charge is 0.488 e. The Bertz CT molecular complexity index is 1260. The van der Waals surface area contributed by atoms with Gasteiger partial charge in [0.1, 0.15) is 11.9 Å². The Labute approximate surface area is 217 Å². The highest BCUT2D eigenvalue weighted by Crippen LogP contribution is 2.32. The van der Waals surface area contributed by atoms with Gasteiger partial charge in [-0.05, 0) is 38.0 Å². The molecule has 0 spiro atoms. The second-order valence-corrected chi connectivity index (χ2v) is 12.1. The summed E-state index contributed by atoms with van der Waals surface area (Å²) in [5.41, 5.74) is 1.16. The number of sulfonamides is 1. The topological polar surface area (TPSA) is 134 Å². The van der Waals surface area contributed by atoms with Gasteiger partial charge in [-0.3, -0.25) is 9.59 Å². The maximum absolute atomic E-state index is 13.3. The number of aliphatic hydroxyl groups is 1. The van der Waals surface area contributed by atoms with Crippen molar-refractivity contribution in [2.45, 2.75) is 50.3 Å². The first kappa shape index (κ1) is 27.1. The van der Waals surface area contributed by atoms with Crippen LogP contribution in [0.2, 0.25) is 0 Å². The SMILES string of the molecule is C[C@H]1CN([C@@H](C)CO)C(=O)Cc2cc(NC(=O)C3CC3)ccc2O[C@@H]1CN(C)S(=O)(=O)c1cn(C)cn1. The minimum Gasteiger partial charge on any atom is -0.488 e. The van der Waals surface area contributed by atoms with Crippen LogP contribution in [0, 0.1) is 11.8 Å². The van der Waals surface area contributed by atoms with E-state index in [1.165, 1.54) is 23.9 Å². The summed E-state index contributed by atoms with van der Waals surface area (Å²) in [5, 5.41) is 12.6. The van der Waals surface area contributed by atoms with Gasteiger partial charge in [-0.2, -0.15) is 4.31 Å². The summed E-state index contributed by atoms with van der Waals surface area (Å²) in [5.74, 6) is -0.000217. The molecule has 2 aromatic rings. The molecular weight excluding hydrogens is 498 g/mol. The zero-order valence-electron chi connectivity index (χ0n) is 21.6. The molecule has 0 saturated heterocycles. The van der Waals surface area contributed by atoms with Crippen LogP contribution in [0.15, 0.2) is 35.7 Å². The summed E-state index contributed by atoms with van der Waals surface area (Å²) in [4.78, 5) is 31.2. The summed E-state index contributed by atoms with van der Waals surface area (Å²) in [7, 11) is -0.691. The van der Waals surface area contributed by atoms with Crippen molar-refractivity contribution in [2.75, 3.05) is 32.1 Å². The van der Waals surface area contributed by atoms with Gasteiger partial charge in [0.25, 0.3) is 10.0 Å². The average Bonchev–Trinajstić information content (AvgIpc) is 3.61. The molecule has 1 aromatic carbocycles. The zero-order valence-corrected chi connectivity index (χ0v) is 22.4. The molecule has 3 atom stereocenters. The molecule has 11 nitrogen and oxygen atoms in total. The first-order valence-electron chi connectivity index (χ1n) is 12.4. The minimum atomic E-state index is -3.86. The van der Waals surface area contributed by atoms with Crippen LogP contribution in [0.1, 0.15) is 32.3 Å². The fourth-order valence-corrected chi connectivity index (χ4v) is 5.49. The van der Waals surface area contributed by atoms with Gasteiger partial charge in [0.2, 0.25) is 11.8 Å². The number of aryl methyl sites for hydroxylation is 1. The Morgan fingerprint density at radius 1 is 1.35 bits per heavy atom. The lowest BCUT2D eigenvalue weighted by Gasteiger charge is -2.33. The highest BCUT2D eigenvalue weighted by Gasteiger charge is 2.34. The molecule has 1 fully saturated rings. The van der Waals surface area contributed by atoms with E-state index >= 15 is 0 Å². The first-order chi connectivity index (χ1) is 17.5. The van der Waals surface area contributed by atoms with E-state index in [9.17, 15) is 23.1 Å². The Balaban J connectivity index is 1.64. The maximum atomic E-state index is 13.3. The molecule has 0 radical (unpaired) electrons. The first-order valence-corrected chi connectivity index (χ1v) is 13.9. The molecule has 2 aliphatic rings. The van der Waals surface area contributed by atoms with Crippen LogP contribution >= 0.6 is 0 Å². The molecule has 37 heavy (non-hydrogen) atoms. The monoisotopic (exact) mass is 533 g/mol. The lowest BCUT2D eigenvalue weighted by Crippen LogP contribution is -2.48. The number of benzene rings is 1. The second-order valence-electron chi connectivity index (χ2n) is 10.1. The molecule has 1 aromatic heterocycles. The van der Waals surface area contributed by atoms with Crippen molar-refractivity contribution in [3.05, 3.63) is 36.3 Å². The van der Waals surface area contributed by atoms with Crippen LogP contribution in [0.25, 0.3) is 0 Å². The molecule has 2 heterocycles. The van der Waals surface area contributed by atoms with E-state index in [0.717, 1.165) is 12.8 Å². The zero-order chi connectivity index (χ0) is 26.9. The number of hydrogen-bond donors (Lipinski definition) is 2. The Hall–Kier alpha value is -2.96. The smallest absolute Gasteiger partial charge is 0.261 e. The van der Waals surface area contributed by atoms with Gasteiger partial charge in [0.15, 0.2) is 5.03 Å². The number of anilines is 1. The molecule has 4 rings (SSSR count). The maximum Gasteiger partial charge on any atom is 0.261 e. The van der Waals surface area contributed by atoms with E-state index in [1.807, 2.05) is 6.92 Å². The van der Waals surface area contributed by atoms with Crippen molar-refractivity contribution in [1.82, 2.24) is 18.8 Å². The van der Waals surface area contributed by atoms with Crippen LogP contribution in [-0.4, -0.2) is 83.0 Å². The van der Waals surface area contributed by atoms with Crippen LogP contribution in [0.4, 0.5) is 5.69 Å². The van der Waals surface area contributed by atoms with E-state index in [1.54, 1.807) is 41.6 Å². The number of rotatable bonds is 8. The number of nitrogens with one attached hydrogen (secondary N) is 1. The van der Waals surface area contributed by atoms with Crippen molar-refractivity contribution in [1.29, 1.82) is 0 Å². The predicted octanol–water partition coefficient (Wildman–Crippen LogP) is 1.24. The summed E-state index contributed by atoms with van der Waals surface area (Å²) in [6, 6.07) is 4.75. The van der Waals surface area contributed by atoms with Crippen molar-refractivity contribution in [3.8, 4) is 5.75 Å². The van der Waals surface area contributed by atoms with Gasteiger partial charge >= 0.3 is 0 Å². The third-order valence-corrected chi connectivity index (χ3v) is 8.63. The van der Waals surface area contributed by atoms with Gasteiger partial charge in [-0.15, -0.1) is 0 Å². The van der Waals surface area contributed by atoms with E-state index in [0.29, 0.717) is 17.0 Å². The van der Waals surface area contributed by atoms with Crippen LogP contribution in [0.3, 0.4) is 0 Å². The number of amides is 2. The van der Waals surface area contributed by atoms with Crippen molar-refractivity contribution in [2.24, 2.45) is 18.9 Å².